The first-order valence-corrected chi connectivity index (χ1v) is 8.09. The summed E-state index contributed by atoms with van der Waals surface area (Å²) >= 11 is 0. The number of halogens is 1. The number of hydrogen-bond donors (Lipinski definition) is 1. The van der Waals surface area contributed by atoms with Gasteiger partial charge in [-0.15, -0.1) is 0 Å². The summed E-state index contributed by atoms with van der Waals surface area (Å²) in [4.78, 5) is 35.4. The van der Waals surface area contributed by atoms with E-state index in [2.05, 4.69) is 5.32 Å². The maximum atomic E-state index is 13.0. The van der Waals surface area contributed by atoms with Gasteiger partial charge in [-0.3, -0.25) is 4.79 Å². The highest BCUT2D eigenvalue weighted by Crippen LogP contribution is 2.16. The summed E-state index contributed by atoms with van der Waals surface area (Å²) in [5.74, 6) is -2.34. The zero-order chi connectivity index (χ0) is 19.6. The Hall–Kier alpha value is -3.42. The maximum Gasteiger partial charge on any atom is 0.344 e. The van der Waals surface area contributed by atoms with E-state index in [1.807, 2.05) is 0 Å². The van der Waals surface area contributed by atoms with Crippen LogP contribution in [0.1, 0.15) is 17.3 Å². The number of ether oxygens (including phenoxy) is 3. The number of anilines is 1. The van der Waals surface area contributed by atoms with Gasteiger partial charge in [-0.05, 0) is 31.2 Å². The first kappa shape index (κ1) is 19.9. The normalized spacial score (nSPS) is 10.0. The molecule has 8 heteroatoms. The Morgan fingerprint density at radius 1 is 1.00 bits per heavy atom. The molecule has 1 N–H and O–H groups in total. The third kappa shape index (κ3) is 6.43. The van der Waals surface area contributed by atoms with Crippen LogP contribution in [0.25, 0.3) is 0 Å². The van der Waals surface area contributed by atoms with Crippen molar-refractivity contribution >= 4 is 23.5 Å². The van der Waals surface area contributed by atoms with Crippen molar-refractivity contribution in [3.8, 4) is 5.75 Å². The van der Waals surface area contributed by atoms with Crippen LogP contribution < -0.4 is 10.1 Å². The molecular weight excluding hydrogens is 357 g/mol. The molecule has 142 valence electrons. The molecule has 0 spiro atoms. The first-order valence-electron chi connectivity index (χ1n) is 8.09. The molecular formula is C19H18FNO6. The number of carbonyl (C=O) groups excluding carboxylic acids is 3. The van der Waals surface area contributed by atoms with Crippen LogP contribution in [0.3, 0.4) is 0 Å². The second-order valence-electron chi connectivity index (χ2n) is 5.22. The van der Waals surface area contributed by atoms with E-state index in [1.165, 1.54) is 30.3 Å². The van der Waals surface area contributed by atoms with Crippen molar-refractivity contribution in [3.63, 3.8) is 0 Å². The molecule has 2 aromatic carbocycles. The topological polar surface area (TPSA) is 90.9 Å². The Kier molecular flexibility index (Phi) is 7.30. The van der Waals surface area contributed by atoms with Gasteiger partial charge in [0.25, 0.3) is 5.91 Å². The molecule has 2 aromatic rings. The van der Waals surface area contributed by atoms with Crippen molar-refractivity contribution in [2.45, 2.75) is 6.92 Å². The van der Waals surface area contributed by atoms with Crippen molar-refractivity contribution in [1.82, 2.24) is 0 Å². The average Bonchev–Trinajstić information content (AvgIpc) is 2.65. The molecule has 0 aliphatic carbocycles. The summed E-state index contributed by atoms with van der Waals surface area (Å²) in [6, 6.07) is 11.6. The lowest BCUT2D eigenvalue weighted by molar-refractivity contribution is -0.149. The predicted octanol–water partition coefficient (Wildman–Crippen LogP) is 2.56. The molecule has 0 aliphatic rings. The number of carbonyl (C=O) groups is 3. The smallest absolute Gasteiger partial charge is 0.344 e. The van der Waals surface area contributed by atoms with E-state index in [0.29, 0.717) is 0 Å². The summed E-state index contributed by atoms with van der Waals surface area (Å²) < 4.78 is 27.8. The Morgan fingerprint density at radius 2 is 1.78 bits per heavy atom. The molecule has 0 bridgehead atoms. The summed E-state index contributed by atoms with van der Waals surface area (Å²) in [5.41, 5.74) is 0.432. The molecule has 0 unspecified atom stereocenters. The summed E-state index contributed by atoms with van der Waals surface area (Å²) in [7, 11) is 0. The fraction of sp³-hybridized carbons (Fsp3) is 0.211. The van der Waals surface area contributed by atoms with Gasteiger partial charge in [0.2, 0.25) is 0 Å². The minimum atomic E-state index is -0.798. The van der Waals surface area contributed by atoms with Gasteiger partial charge in [0.15, 0.2) is 13.2 Å². The van der Waals surface area contributed by atoms with Gasteiger partial charge < -0.3 is 19.5 Å². The van der Waals surface area contributed by atoms with Crippen LogP contribution in [0.2, 0.25) is 0 Å². The van der Waals surface area contributed by atoms with Gasteiger partial charge in [0.05, 0.1) is 17.9 Å². The first-order chi connectivity index (χ1) is 13.0. The van der Waals surface area contributed by atoms with E-state index >= 15 is 0 Å². The lowest BCUT2D eigenvalue weighted by Crippen LogP contribution is -2.24. The van der Waals surface area contributed by atoms with Crippen LogP contribution in [0.15, 0.2) is 48.5 Å². The molecule has 0 heterocycles. The fourth-order valence-corrected chi connectivity index (χ4v) is 2.05. The Labute approximate surface area is 155 Å². The number of nitrogens with one attached hydrogen (secondary N) is 1. The number of para-hydroxylation sites is 1. The summed E-state index contributed by atoms with van der Waals surface area (Å²) in [6.07, 6.45) is 0. The Morgan fingerprint density at radius 3 is 2.52 bits per heavy atom. The molecule has 0 radical (unpaired) electrons. The van der Waals surface area contributed by atoms with Crippen molar-refractivity contribution in [2.24, 2.45) is 0 Å². The molecule has 1 amide bonds. The van der Waals surface area contributed by atoms with Crippen molar-refractivity contribution < 1.29 is 33.0 Å². The summed E-state index contributed by atoms with van der Waals surface area (Å²) in [5, 5.41) is 2.48. The van der Waals surface area contributed by atoms with E-state index in [4.69, 9.17) is 14.2 Å². The Balaban J connectivity index is 1.82. The SMILES string of the molecule is CCOC(=O)c1ccccc1NC(=O)COC(=O)COc1cccc(F)c1. The molecule has 0 saturated carbocycles. The fourth-order valence-electron chi connectivity index (χ4n) is 2.05. The lowest BCUT2D eigenvalue weighted by Gasteiger charge is -2.11. The van der Waals surface area contributed by atoms with E-state index in [-0.39, 0.29) is 23.6 Å². The minimum Gasteiger partial charge on any atom is -0.482 e. The van der Waals surface area contributed by atoms with Crippen molar-refractivity contribution in [1.29, 1.82) is 0 Å². The Bertz CT molecular complexity index is 823. The minimum absolute atomic E-state index is 0.166. The van der Waals surface area contributed by atoms with E-state index in [9.17, 15) is 18.8 Å². The largest absolute Gasteiger partial charge is 0.482 e. The van der Waals surface area contributed by atoms with Crippen LogP contribution in [-0.4, -0.2) is 37.7 Å². The zero-order valence-electron chi connectivity index (χ0n) is 14.6. The van der Waals surface area contributed by atoms with E-state index < -0.39 is 36.9 Å². The van der Waals surface area contributed by atoms with Crippen LogP contribution in [-0.2, 0) is 19.1 Å². The average molecular weight is 375 g/mol. The quantitative estimate of drug-likeness (QED) is 0.713. The van der Waals surface area contributed by atoms with Crippen LogP contribution in [0.4, 0.5) is 10.1 Å². The highest BCUT2D eigenvalue weighted by molar-refractivity contribution is 6.01. The zero-order valence-corrected chi connectivity index (χ0v) is 14.6. The number of amides is 1. The molecule has 0 aromatic heterocycles. The van der Waals surface area contributed by atoms with E-state index in [1.54, 1.807) is 19.1 Å². The second-order valence-corrected chi connectivity index (χ2v) is 5.22. The van der Waals surface area contributed by atoms with Gasteiger partial charge in [-0.1, -0.05) is 18.2 Å². The van der Waals surface area contributed by atoms with Gasteiger partial charge in [-0.2, -0.15) is 0 Å². The number of esters is 2. The van der Waals surface area contributed by atoms with E-state index in [0.717, 1.165) is 6.07 Å². The molecule has 2 rings (SSSR count). The molecule has 27 heavy (non-hydrogen) atoms. The second kappa shape index (κ2) is 9.91. The molecule has 0 aliphatic heterocycles. The van der Waals surface area contributed by atoms with Gasteiger partial charge in [0, 0.05) is 6.07 Å². The number of benzene rings is 2. The maximum absolute atomic E-state index is 13.0. The summed E-state index contributed by atoms with van der Waals surface area (Å²) in [6.45, 7) is 0.827. The monoisotopic (exact) mass is 375 g/mol. The van der Waals surface area contributed by atoms with Crippen LogP contribution >= 0.6 is 0 Å². The molecule has 0 saturated heterocycles. The van der Waals surface area contributed by atoms with Crippen LogP contribution in [0.5, 0.6) is 5.75 Å². The third-order valence-electron chi connectivity index (χ3n) is 3.21. The molecule has 0 fully saturated rings. The standard InChI is InChI=1S/C19H18FNO6/c1-2-25-19(24)15-8-3-4-9-16(15)21-17(22)11-27-18(23)12-26-14-7-5-6-13(20)10-14/h3-10H,2,11-12H2,1H3,(H,21,22). The number of hydrogen-bond acceptors (Lipinski definition) is 6. The van der Waals surface area contributed by atoms with Gasteiger partial charge in [-0.25, -0.2) is 14.0 Å². The lowest BCUT2D eigenvalue weighted by atomic mass is 10.2. The van der Waals surface area contributed by atoms with Gasteiger partial charge in [0.1, 0.15) is 11.6 Å². The van der Waals surface area contributed by atoms with Crippen LogP contribution in [0, 0.1) is 5.82 Å². The van der Waals surface area contributed by atoms with Crippen molar-refractivity contribution in [2.75, 3.05) is 25.1 Å². The van der Waals surface area contributed by atoms with Crippen molar-refractivity contribution in [3.05, 3.63) is 59.9 Å². The highest BCUT2D eigenvalue weighted by Gasteiger charge is 2.15. The molecule has 0 atom stereocenters. The molecule has 7 nitrogen and oxygen atoms in total. The van der Waals surface area contributed by atoms with Gasteiger partial charge >= 0.3 is 11.9 Å². The highest BCUT2D eigenvalue weighted by atomic mass is 19.1. The third-order valence-corrected chi connectivity index (χ3v) is 3.21. The number of rotatable bonds is 8. The predicted molar refractivity (Wildman–Crippen MR) is 93.9 cm³/mol.